The molecule has 0 spiro atoms. The van der Waals surface area contributed by atoms with E-state index in [1.165, 1.54) is 23.2 Å². The van der Waals surface area contributed by atoms with Gasteiger partial charge in [0.05, 0.1) is 23.4 Å². The molecule has 1 aliphatic rings. The van der Waals surface area contributed by atoms with Gasteiger partial charge in [0, 0.05) is 23.7 Å². The number of aromatic nitrogens is 2. The van der Waals surface area contributed by atoms with Gasteiger partial charge in [0.15, 0.2) is 0 Å². The maximum Gasteiger partial charge on any atom is 0.270 e. The third kappa shape index (κ3) is 4.58. The summed E-state index contributed by atoms with van der Waals surface area (Å²) in [5.41, 5.74) is 2.38. The van der Waals surface area contributed by atoms with E-state index in [0.717, 1.165) is 31.2 Å². The Morgan fingerprint density at radius 3 is 2.55 bits per heavy atom. The number of nitrogens with one attached hydrogen (secondary N) is 1. The van der Waals surface area contributed by atoms with Gasteiger partial charge in [-0.05, 0) is 43.2 Å². The van der Waals surface area contributed by atoms with Crippen LogP contribution in [-0.2, 0) is 0 Å². The van der Waals surface area contributed by atoms with Crippen LogP contribution in [0.1, 0.15) is 42.6 Å². The van der Waals surface area contributed by atoms with Crippen LogP contribution in [0.25, 0.3) is 16.9 Å². The van der Waals surface area contributed by atoms with Crippen LogP contribution in [0.3, 0.4) is 0 Å². The summed E-state index contributed by atoms with van der Waals surface area (Å²) in [5.74, 6) is 0.488. The number of carbonyl (C=O) groups is 1. The summed E-state index contributed by atoms with van der Waals surface area (Å²) in [5, 5.41) is 18.8. The van der Waals surface area contributed by atoms with Crippen molar-refractivity contribution in [1.29, 1.82) is 0 Å². The largest absolute Gasteiger partial charge is 0.497 e. The molecule has 1 saturated carbocycles. The molecular weight excluding hydrogens is 396 g/mol. The molecule has 0 bridgehead atoms. The van der Waals surface area contributed by atoms with E-state index in [1.807, 2.05) is 24.3 Å². The molecule has 1 aliphatic carbocycles. The van der Waals surface area contributed by atoms with Crippen molar-refractivity contribution in [2.75, 3.05) is 7.11 Å². The summed E-state index contributed by atoms with van der Waals surface area (Å²) in [6.45, 7) is 0. The first-order valence-corrected chi connectivity index (χ1v) is 10.4. The van der Waals surface area contributed by atoms with Crippen molar-refractivity contribution in [3.63, 3.8) is 0 Å². The van der Waals surface area contributed by atoms with Crippen molar-refractivity contribution in [2.24, 2.45) is 0 Å². The maximum atomic E-state index is 13.1. The quantitative estimate of drug-likeness (QED) is 0.467. The standard InChI is InChI=1S/C23H24N4O4/c1-31-20-9-5-6-16(14-20)21-15-22(23(28)24-17-7-3-2-4-8-17)26(25-21)18-10-12-19(13-11-18)27(29)30/h5-6,9-15,17H,2-4,7-8H2,1H3,(H,24,28). The molecular formula is C23H24N4O4. The van der Waals surface area contributed by atoms with Crippen LogP contribution in [0.15, 0.2) is 54.6 Å². The van der Waals surface area contributed by atoms with Crippen molar-refractivity contribution < 1.29 is 14.5 Å². The van der Waals surface area contributed by atoms with Gasteiger partial charge in [0.1, 0.15) is 11.4 Å². The second-order valence-electron chi connectivity index (χ2n) is 7.64. The Morgan fingerprint density at radius 2 is 1.87 bits per heavy atom. The second kappa shape index (κ2) is 8.99. The van der Waals surface area contributed by atoms with Gasteiger partial charge < -0.3 is 10.1 Å². The van der Waals surface area contributed by atoms with E-state index < -0.39 is 4.92 Å². The highest BCUT2D eigenvalue weighted by atomic mass is 16.6. The Hall–Kier alpha value is -3.68. The molecule has 0 unspecified atom stereocenters. The Morgan fingerprint density at radius 1 is 1.13 bits per heavy atom. The lowest BCUT2D eigenvalue weighted by Gasteiger charge is -2.22. The number of benzene rings is 2. The number of carbonyl (C=O) groups excluding carboxylic acids is 1. The lowest BCUT2D eigenvalue weighted by Crippen LogP contribution is -2.37. The number of ether oxygens (including phenoxy) is 1. The van der Waals surface area contributed by atoms with Gasteiger partial charge in [-0.1, -0.05) is 31.4 Å². The molecule has 0 atom stereocenters. The van der Waals surface area contributed by atoms with Crippen molar-refractivity contribution in [1.82, 2.24) is 15.1 Å². The van der Waals surface area contributed by atoms with Crippen LogP contribution in [0.4, 0.5) is 5.69 Å². The number of amides is 1. The second-order valence-corrected chi connectivity index (χ2v) is 7.64. The number of hydrogen-bond donors (Lipinski definition) is 1. The normalized spacial score (nSPS) is 14.2. The van der Waals surface area contributed by atoms with Gasteiger partial charge in [-0.15, -0.1) is 0 Å². The fraction of sp³-hybridized carbons (Fsp3) is 0.304. The molecule has 1 fully saturated rings. The number of nitrogens with zero attached hydrogens (tertiary/aromatic N) is 3. The highest BCUT2D eigenvalue weighted by Gasteiger charge is 2.22. The van der Waals surface area contributed by atoms with E-state index in [0.29, 0.717) is 22.8 Å². The Bertz CT molecular complexity index is 1090. The first kappa shape index (κ1) is 20.6. The summed E-state index contributed by atoms with van der Waals surface area (Å²) in [4.78, 5) is 23.7. The van der Waals surface area contributed by atoms with Crippen LogP contribution in [0, 0.1) is 10.1 Å². The molecule has 4 rings (SSSR count). The molecule has 31 heavy (non-hydrogen) atoms. The van der Waals surface area contributed by atoms with Crippen molar-refractivity contribution >= 4 is 11.6 Å². The van der Waals surface area contributed by atoms with E-state index in [1.54, 1.807) is 25.3 Å². The van der Waals surface area contributed by atoms with Crippen LogP contribution in [0.5, 0.6) is 5.75 Å². The molecule has 0 saturated heterocycles. The number of rotatable bonds is 6. The maximum absolute atomic E-state index is 13.1. The fourth-order valence-electron chi connectivity index (χ4n) is 3.88. The van der Waals surface area contributed by atoms with Gasteiger partial charge in [0.2, 0.25) is 0 Å². The number of nitro groups is 1. The first-order valence-electron chi connectivity index (χ1n) is 10.4. The van der Waals surface area contributed by atoms with Gasteiger partial charge in [-0.2, -0.15) is 5.10 Å². The average molecular weight is 420 g/mol. The lowest BCUT2D eigenvalue weighted by molar-refractivity contribution is -0.384. The molecule has 0 radical (unpaired) electrons. The minimum atomic E-state index is -0.453. The van der Waals surface area contributed by atoms with Crippen LogP contribution >= 0.6 is 0 Å². The number of hydrogen-bond acceptors (Lipinski definition) is 5. The van der Waals surface area contributed by atoms with Crippen LogP contribution in [-0.4, -0.2) is 33.8 Å². The molecule has 1 amide bonds. The molecule has 3 aromatic rings. The zero-order valence-electron chi connectivity index (χ0n) is 17.3. The van der Waals surface area contributed by atoms with Crippen LogP contribution < -0.4 is 10.1 Å². The van der Waals surface area contributed by atoms with Crippen molar-refractivity contribution in [3.05, 3.63) is 70.4 Å². The third-order valence-electron chi connectivity index (χ3n) is 5.55. The Labute approximate surface area is 180 Å². The topological polar surface area (TPSA) is 99.3 Å². The first-order chi connectivity index (χ1) is 15.0. The SMILES string of the molecule is COc1cccc(-c2cc(C(=O)NC3CCCCC3)n(-c3ccc([N+](=O)[O-])cc3)n2)c1. The van der Waals surface area contributed by atoms with Gasteiger partial charge in [-0.3, -0.25) is 14.9 Å². The van der Waals surface area contributed by atoms with E-state index >= 15 is 0 Å². The van der Waals surface area contributed by atoms with E-state index in [-0.39, 0.29) is 17.6 Å². The smallest absolute Gasteiger partial charge is 0.270 e. The average Bonchev–Trinajstić information content (AvgIpc) is 3.25. The zero-order chi connectivity index (χ0) is 21.8. The van der Waals surface area contributed by atoms with Crippen molar-refractivity contribution in [2.45, 2.75) is 38.1 Å². The molecule has 2 aromatic carbocycles. The molecule has 1 N–H and O–H groups in total. The summed E-state index contributed by atoms with van der Waals surface area (Å²) in [7, 11) is 1.59. The van der Waals surface area contributed by atoms with E-state index in [4.69, 9.17) is 4.74 Å². The molecule has 1 heterocycles. The summed E-state index contributed by atoms with van der Waals surface area (Å²) >= 11 is 0. The molecule has 160 valence electrons. The summed E-state index contributed by atoms with van der Waals surface area (Å²) in [6.07, 6.45) is 5.37. The highest BCUT2D eigenvalue weighted by Crippen LogP contribution is 2.26. The minimum absolute atomic E-state index is 0.0165. The molecule has 0 aliphatic heterocycles. The molecule has 8 heteroatoms. The number of methoxy groups -OCH3 is 1. The Balaban J connectivity index is 1.72. The lowest BCUT2D eigenvalue weighted by atomic mass is 9.95. The highest BCUT2D eigenvalue weighted by molar-refractivity contribution is 5.94. The van der Waals surface area contributed by atoms with Crippen LogP contribution in [0.2, 0.25) is 0 Å². The predicted octanol–water partition coefficient (Wildman–Crippen LogP) is 4.52. The summed E-state index contributed by atoms with van der Waals surface area (Å²) in [6, 6.07) is 15.4. The van der Waals surface area contributed by atoms with Gasteiger partial charge >= 0.3 is 0 Å². The van der Waals surface area contributed by atoms with Gasteiger partial charge in [-0.25, -0.2) is 4.68 Å². The van der Waals surface area contributed by atoms with E-state index in [9.17, 15) is 14.9 Å². The van der Waals surface area contributed by atoms with Crippen molar-refractivity contribution in [3.8, 4) is 22.7 Å². The Kier molecular flexibility index (Phi) is 5.97. The third-order valence-corrected chi connectivity index (χ3v) is 5.55. The minimum Gasteiger partial charge on any atom is -0.497 e. The number of non-ortho nitro benzene ring substituents is 1. The van der Waals surface area contributed by atoms with E-state index in [2.05, 4.69) is 10.4 Å². The fourth-order valence-corrected chi connectivity index (χ4v) is 3.88. The number of nitro benzene ring substituents is 1. The zero-order valence-corrected chi connectivity index (χ0v) is 17.3. The van der Waals surface area contributed by atoms with Gasteiger partial charge in [0.25, 0.3) is 11.6 Å². The monoisotopic (exact) mass is 420 g/mol. The molecule has 8 nitrogen and oxygen atoms in total. The molecule has 1 aromatic heterocycles. The summed E-state index contributed by atoms with van der Waals surface area (Å²) < 4.78 is 6.84. The predicted molar refractivity (Wildman–Crippen MR) is 117 cm³/mol.